The number of fused-ring (bicyclic) bond motifs is 5. The third-order valence-electron chi connectivity index (χ3n) is 8.17. The lowest BCUT2D eigenvalue weighted by Gasteiger charge is -2.51. The normalized spacial score (nSPS) is 21.3. The molecule has 4 aromatic rings. The van der Waals surface area contributed by atoms with E-state index >= 15 is 0 Å². The average Bonchev–Trinajstić information content (AvgIpc) is 3.31. The number of benzene rings is 3. The highest BCUT2D eigenvalue weighted by Crippen LogP contribution is 2.48. The van der Waals surface area contributed by atoms with Crippen LogP contribution in [-0.4, -0.2) is 46.2 Å². The zero-order chi connectivity index (χ0) is 25.7. The highest BCUT2D eigenvalue weighted by Gasteiger charge is 2.56. The molecule has 5 nitrogen and oxygen atoms in total. The van der Waals surface area contributed by atoms with Gasteiger partial charge in [-0.1, -0.05) is 61.5 Å². The summed E-state index contributed by atoms with van der Waals surface area (Å²) >= 11 is 0. The Labute approximate surface area is 215 Å². The second-order valence-corrected chi connectivity index (χ2v) is 10.3. The lowest BCUT2D eigenvalue weighted by molar-refractivity contribution is -0.166. The maximum Gasteiger partial charge on any atom is 0.254 e. The molecule has 6 heteroatoms. The van der Waals surface area contributed by atoms with Gasteiger partial charge in [-0.15, -0.1) is 0 Å². The topological polar surface area (TPSA) is 56.4 Å². The van der Waals surface area contributed by atoms with Gasteiger partial charge in [0.1, 0.15) is 5.82 Å². The van der Waals surface area contributed by atoms with Crippen molar-refractivity contribution < 1.29 is 14.0 Å². The second kappa shape index (κ2) is 8.87. The molecule has 1 saturated heterocycles. The van der Waals surface area contributed by atoms with Crippen LogP contribution >= 0.6 is 0 Å². The van der Waals surface area contributed by atoms with Crippen molar-refractivity contribution in [2.24, 2.45) is 0 Å². The lowest BCUT2D eigenvalue weighted by atomic mass is 9.76. The third-order valence-corrected chi connectivity index (χ3v) is 8.17. The fourth-order valence-electron chi connectivity index (χ4n) is 6.10. The summed E-state index contributed by atoms with van der Waals surface area (Å²) in [6, 6.07) is 23.1. The summed E-state index contributed by atoms with van der Waals surface area (Å²) in [7, 11) is 0. The van der Waals surface area contributed by atoms with Crippen LogP contribution in [0.2, 0.25) is 0 Å². The van der Waals surface area contributed by atoms with Crippen LogP contribution in [0, 0.1) is 5.82 Å². The molecular weight excluding hydrogens is 465 g/mol. The van der Waals surface area contributed by atoms with Gasteiger partial charge in [-0.2, -0.15) is 0 Å². The maximum absolute atomic E-state index is 14.1. The molecule has 2 aliphatic rings. The molecule has 6 rings (SSSR count). The highest BCUT2D eigenvalue weighted by atomic mass is 19.1. The van der Waals surface area contributed by atoms with Gasteiger partial charge in [-0.25, -0.2) is 4.39 Å². The van der Waals surface area contributed by atoms with Gasteiger partial charge in [-0.05, 0) is 60.2 Å². The minimum absolute atomic E-state index is 0.0286. The van der Waals surface area contributed by atoms with E-state index in [1.165, 1.54) is 17.7 Å². The van der Waals surface area contributed by atoms with Crippen LogP contribution in [-0.2, 0) is 28.0 Å². The van der Waals surface area contributed by atoms with E-state index < -0.39 is 5.54 Å². The number of aromatic amines is 1. The number of hydrogen-bond acceptors (Lipinski definition) is 2. The molecule has 37 heavy (non-hydrogen) atoms. The molecule has 0 spiro atoms. The largest absolute Gasteiger partial charge is 0.356 e. The number of nitrogens with one attached hydrogen (secondary N) is 1. The number of para-hydroxylation sites is 1. The molecule has 0 radical (unpaired) electrons. The molecule has 3 aromatic carbocycles. The van der Waals surface area contributed by atoms with Crippen LogP contribution in [0.15, 0.2) is 72.8 Å². The number of carbonyl (C=O) groups excluding carboxylic acids is 2. The monoisotopic (exact) mass is 495 g/mol. The minimum atomic E-state index is -1.13. The summed E-state index contributed by atoms with van der Waals surface area (Å²) in [6.45, 7) is 4.83. The van der Waals surface area contributed by atoms with Crippen molar-refractivity contribution in [1.29, 1.82) is 0 Å². The van der Waals surface area contributed by atoms with Gasteiger partial charge in [0.05, 0.1) is 12.2 Å². The summed E-state index contributed by atoms with van der Waals surface area (Å²) in [5.41, 5.74) is 4.91. The molecule has 2 aliphatic heterocycles. The van der Waals surface area contributed by atoms with E-state index in [0.717, 1.165) is 39.7 Å². The molecule has 0 bridgehead atoms. The zero-order valence-electron chi connectivity index (χ0n) is 21.1. The van der Waals surface area contributed by atoms with Gasteiger partial charge in [0.15, 0.2) is 5.54 Å². The van der Waals surface area contributed by atoms with Crippen LogP contribution in [0.5, 0.6) is 0 Å². The molecule has 0 aliphatic carbocycles. The summed E-state index contributed by atoms with van der Waals surface area (Å²) in [4.78, 5) is 34.7. The summed E-state index contributed by atoms with van der Waals surface area (Å²) in [5, 5.41) is 1.08. The zero-order valence-corrected chi connectivity index (χ0v) is 21.1. The van der Waals surface area contributed by atoms with E-state index in [9.17, 15) is 14.0 Å². The van der Waals surface area contributed by atoms with Gasteiger partial charge < -0.3 is 14.8 Å². The van der Waals surface area contributed by atoms with Crippen molar-refractivity contribution in [3.63, 3.8) is 0 Å². The van der Waals surface area contributed by atoms with Crippen LogP contribution in [0.25, 0.3) is 10.9 Å². The first kappa shape index (κ1) is 23.5. The first-order valence-corrected chi connectivity index (χ1v) is 12.9. The van der Waals surface area contributed by atoms with E-state index in [4.69, 9.17) is 0 Å². The molecule has 1 fully saturated rings. The van der Waals surface area contributed by atoms with Crippen LogP contribution in [0.3, 0.4) is 0 Å². The Kier molecular flexibility index (Phi) is 5.63. The molecular formula is C31H30FN3O2. The smallest absolute Gasteiger partial charge is 0.254 e. The highest BCUT2D eigenvalue weighted by molar-refractivity contribution is 6.01. The Balaban J connectivity index is 1.43. The van der Waals surface area contributed by atoms with E-state index in [2.05, 4.69) is 42.2 Å². The van der Waals surface area contributed by atoms with E-state index in [1.807, 2.05) is 31.2 Å². The van der Waals surface area contributed by atoms with Crippen molar-refractivity contribution in [2.75, 3.05) is 19.6 Å². The van der Waals surface area contributed by atoms with Crippen LogP contribution in [0.4, 0.5) is 4.39 Å². The molecule has 1 aromatic heterocycles. The van der Waals surface area contributed by atoms with Gasteiger partial charge in [0, 0.05) is 29.9 Å². The molecule has 2 atom stereocenters. The lowest BCUT2D eigenvalue weighted by Crippen LogP contribution is -2.67. The number of aromatic nitrogens is 1. The summed E-state index contributed by atoms with van der Waals surface area (Å²) in [6.07, 6.45) is 1.45. The summed E-state index contributed by atoms with van der Waals surface area (Å²) < 4.78 is 13.7. The molecule has 3 heterocycles. The first-order valence-electron chi connectivity index (χ1n) is 12.9. The molecule has 1 N–H and O–H groups in total. The quantitative estimate of drug-likeness (QED) is 0.417. The second-order valence-electron chi connectivity index (χ2n) is 10.3. The number of H-pyrrole nitrogens is 1. The number of nitrogens with zero attached hydrogens (tertiary/aromatic N) is 2. The van der Waals surface area contributed by atoms with Gasteiger partial charge in [0.25, 0.3) is 5.91 Å². The molecule has 0 saturated carbocycles. The number of rotatable bonds is 5. The van der Waals surface area contributed by atoms with E-state index in [1.54, 1.807) is 15.9 Å². The Morgan fingerprint density at radius 3 is 2.54 bits per heavy atom. The van der Waals surface area contributed by atoms with Crippen molar-refractivity contribution in [3.05, 3.63) is 107 Å². The fourth-order valence-corrected chi connectivity index (χ4v) is 6.10. The first-order chi connectivity index (χ1) is 17.9. The number of hydrogen-bond donors (Lipinski definition) is 1. The Morgan fingerprint density at radius 2 is 1.78 bits per heavy atom. The van der Waals surface area contributed by atoms with Gasteiger partial charge >= 0.3 is 0 Å². The van der Waals surface area contributed by atoms with Crippen LogP contribution < -0.4 is 0 Å². The molecule has 188 valence electrons. The Morgan fingerprint density at radius 1 is 1.00 bits per heavy atom. The number of carbonyl (C=O) groups is 2. The maximum atomic E-state index is 14.1. The van der Waals surface area contributed by atoms with Crippen molar-refractivity contribution in [1.82, 2.24) is 14.8 Å². The predicted molar refractivity (Wildman–Crippen MR) is 142 cm³/mol. The van der Waals surface area contributed by atoms with E-state index in [0.29, 0.717) is 19.5 Å². The van der Waals surface area contributed by atoms with Gasteiger partial charge in [-0.3, -0.25) is 9.59 Å². The van der Waals surface area contributed by atoms with Crippen molar-refractivity contribution >= 4 is 22.7 Å². The van der Waals surface area contributed by atoms with Crippen LogP contribution in [0.1, 0.15) is 47.7 Å². The minimum Gasteiger partial charge on any atom is -0.356 e. The van der Waals surface area contributed by atoms with E-state index in [-0.39, 0.29) is 30.1 Å². The Bertz CT molecular complexity index is 1510. The molecule has 2 amide bonds. The average molecular weight is 496 g/mol. The number of amides is 2. The SMILES string of the molecule is CCc1ccc(C2CN3C(=O)CN(CCc4cccc(F)c4)C(=O)C3(C)c3[nH]c4ccccc4c32)cc1. The number of aryl methyl sites for hydroxylation is 1. The van der Waals surface area contributed by atoms with Crippen molar-refractivity contribution in [2.45, 2.75) is 38.1 Å². The van der Waals surface area contributed by atoms with Crippen molar-refractivity contribution in [3.8, 4) is 0 Å². The fraction of sp³-hybridized carbons (Fsp3) is 0.290. The molecule has 2 unspecified atom stereocenters. The van der Waals surface area contributed by atoms with Gasteiger partial charge in [0.2, 0.25) is 5.91 Å². The summed E-state index contributed by atoms with van der Waals surface area (Å²) in [5.74, 6) is -0.512. The third kappa shape index (κ3) is 3.74. The Hall–Kier alpha value is -3.93. The predicted octanol–water partition coefficient (Wildman–Crippen LogP) is 5.14. The number of halogens is 1. The standard InChI is InChI=1S/C31H30FN3O2/c1-3-20-11-13-22(14-12-20)25-18-35-27(36)19-34(16-15-21-7-6-8-23(32)17-21)30(37)31(35,2)29-28(25)24-9-4-5-10-26(24)33-29/h4-14,17,25,33H,3,15-16,18-19H2,1-2H3. The number of piperazine rings is 1.